The van der Waals surface area contributed by atoms with Gasteiger partial charge in [-0.05, 0) is 26.2 Å². The second-order valence-electron chi connectivity index (χ2n) is 4.66. The Kier molecular flexibility index (Phi) is 7.97. The highest BCUT2D eigenvalue weighted by atomic mass is 28.5. The molecule has 0 amide bonds. The molecule has 0 radical (unpaired) electrons. The minimum Gasteiger partial charge on any atom is -0.433 e. The molecule has 0 aliphatic heterocycles. The highest BCUT2D eigenvalue weighted by Crippen LogP contribution is 2.20. The molecule has 0 saturated heterocycles. The van der Waals surface area contributed by atoms with Crippen molar-refractivity contribution >= 4 is 35.2 Å². The zero-order valence-corrected chi connectivity index (χ0v) is 16.8. The van der Waals surface area contributed by atoms with Crippen LogP contribution in [0.5, 0.6) is 0 Å². The van der Waals surface area contributed by atoms with Crippen LogP contribution in [0.25, 0.3) is 0 Å². The first-order valence-corrected chi connectivity index (χ1v) is 15.7. The number of hydrogen-bond donors (Lipinski definition) is 0. The van der Waals surface area contributed by atoms with Crippen LogP contribution in [-0.2, 0) is 12.3 Å². The first-order chi connectivity index (χ1) is 8.74. The lowest BCUT2D eigenvalue weighted by Crippen LogP contribution is -2.53. The summed E-state index contributed by atoms with van der Waals surface area (Å²) in [6, 6.07) is 0. The van der Waals surface area contributed by atoms with Crippen molar-refractivity contribution in [1.82, 2.24) is 0 Å². The first-order valence-electron chi connectivity index (χ1n) is 6.32. The van der Waals surface area contributed by atoms with E-state index in [2.05, 4.69) is 39.4 Å². The van der Waals surface area contributed by atoms with Gasteiger partial charge in [0, 0.05) is 0 Å². The van der Waals surface area contributed by atoms with Gasteiger partial charge in [0.05, 0.1) is 0 Å². The summed E-state index contributed by atoms with van der Waals surface area (Å²) >= 11 is 0. The Morgan fingerprint density at radius 1 is 0.789 bits per heavy atom. The molecule has 19 heavy (non-hydrogen) atoms. The zero-order valence-electron chi connectivity index (χ0n) is 12.5. The summed E-state index contributed by atoms with van der Waals surface area (Å²) in [6.45, 7) is 23.4. The van der Waals surface area contributed by atoms with Crippen LogP contribution in [-0.4, -0.2) is 35.2 Å². The molecule has 0 N–H and O–H groups in total. The van der Waals surface area contributed by atoms with Gasteiger partial charge in [-0.3, -0.25) is 0 Å². The van der Waals surface area contributed by atoms with Gasteiger partial charge in [-0.2, -0.15) is 0 Å². The Morgan fingerprint density at radius 2 is 1.11 bits per heavy atom. The maximum Gasteiger partial charge on any atom is 0.342 e. The van der Waals surface area contributed by atoms with Crippen LogP contribution in [0.4, 0.5) is 0 Å². The predicted molar refractivity (Wildman–Crippen MR) is 93.3 cm³/mol. The molecule has 3 nitrogen and oxygen atoms in total. The molecule has 0 aromatic heterocycles. The maximum atomic E-state index is 6.24. The van der Waals surface area contributed by atoms with Crippen molar-refractivity contribution in [2.45, 2.75) is 26.2 Å². The third-order valence-corrected chi connectivity index (χ3v) is 15.4. The Labute approximate surface area is 123 Å². The van der Waals surface area contributed by atoms with Gasteiger partial charge in [0.15, 0.2) is 18.1 Å². The summed E-state index contributed by atoms with van der Waals surface area (Å²) in [4.78, 5) is 0. The predicted octanol–water partition coefficient (Wildman–Crippen LogP) is 2.79. The molecule has 108 valence electrons. The van der Waals surface area contributed by atoms with Crippen molar-refractivity contribution in [2.24, 2.45) is 0 Å². The fourth-order valence-electron chi connectivity index (χ4n) is 1.46. The molecule has 0 aromatic rings. The molecule has 0 heterocycles. The minimum absolute atomic E-state index is 1.41. The first kappa shape index (κ1) is 18.7. The van der Waals surface area contributed by atoms with Gasteiger partial charge in [0.2, 0.25) is 0 Å². The average molecular weight is 331 g/mol. The summed E-state index contributed by atoms with van der Waals surface area (Å²) in [5.41, 5.74) is 7.37. The van der Waals surface area contributed by atoms with E-state index in [9.17, 15) is 0 Å². The Bertz CT molecular complexity index is 318. The topological polar surface area (TPSA) is 27.7 Å². The fourth-order valence-corrected chi connectivity index (χ4v) is 14.0. The highest BCUT2D eigenvalue weighted by Gasteiger charge is 2.40. The van der Waals surface area contributed by atoms with E-state index in [1.165, 1.54) is 0 Å². The highest BCUT2D eigenvalue weighted by molar-refractivity contribution is 6.90. The van der Waals surface area contributed by atoms with E-state index in [0.717, 1.165) is 0 Å². The Morgan fingerprint density at radius 3 is 1.32 bits per heavy atom. The molecule has 0 aliphatic rings. The van der Waals surface area contributed by atoms with Crippen molar-refractivity contribution in [1.29, 1.82) is 0 Å². The summed E-state index contributed by atoms with van der Waals surface area (Å²) < 4.78 is 18.4. The molecule has 0 aliphatic carbocycles. The lowest BCUT2D eigenvalue weighted by atomic mass is 11.3. The SMILES string of the molecule is C=C[SiH](C)O[Si](C)(C=C)O[Si](C)(C=C)O[SiH](C)C=C. The molecule has 0 aromatic carbocycles. The van der Waals surface area contributed by atoms with Gasteiger partial charge in [-0.25, -0.2) is 0 Å². The molecule has 0 fully saturated rings. The third kappa shape index (κ3) is 6.61. The van der Waals surface area contributed by atoms with Crippen LogP contribution in [0.2, 0.25) is 26.2 Å². The summed E-state index contributed by atoms with van der Waals surface area (Å²) in [5.74, 6) is 0. The lowest BCUT2D eigenvalue weighted by molar-refractivity contribution is 0.352. The Balaban J connectivity index is 4.98. The Hall–Kier alpha value is -0.292. The molecule has 0 saturated carbocycles. The second kappa shape index (κ2) is 8.10. The van der Waals surface area contributed by atoms with E-state index < -0.39 is 35.2 Å². The number of hydrogen-bond acceptors (Lipinski definition) is 3. The quantitative estimate of drug-likeness (QED) is 0.577. The van der Waals surface area contributed by atoms with Gasteiger partial charge < -0.3 is 12.3 Å². The monoisotopic (exact) mass is 330 g/mol. The second-order valence-corrected chi connectivity index (χ2v) is 16.0. The van der Waals surface area contributed by atoms with Gasteiger partial charge >= 0.3 is 17.1 Å². The third-order valence-electron chi connectivity index (χ3n) is 2.65. The van der Waals surface area contributed by atoms with Crippen LogP contribution < -0.4 is 0 Å². The smallest absolute Gasteiger partial charge is 0.342 e. The normalized spacial score (nSPS) is 20.4. The van der Waals surface area contributed by atoms with E-state index in [1.54, 1.807) is 11.4 Å². The van der Waals surface area contributed by atoms with Gasteiger partial charge in [-0.15, -0.1) is 26.3 Å². The van der Waals surface area contributed by atoms with Crippen LogP contribution >= 0.6 is 0 Å². The van der Waals surface area contributed by atoms with Gasteiger partial charge in [0.25, 0.3) is 0 Å². The van der Waals surface area contributed by atoms with Crippen molar-refractivity contribution in [3.63, 3.8) is 0 Å². The molecule has 0 rings (SSSR count). The van der Waals surface area contributed by atoms with E-state index in [-0.39, 0.29) is 0 Å². The summed E-state index contributed by atoms with van der Waals surface area (Å²) in [5, 5.41) is 0. The van der Waals surface area contributed by atoms with E-state index in [4.69, 9.17) is 12.3 Å². The van der Waals surface area contributed by atoms with Gasteiger partial charge in [-0.1, -0.05) is 22.8 Å². The molecule has 0 bridgehead atoms. The van der Waals surface area contributed by atoms with Crippen molar-refractivity contribution < 1.29 is 12.3 Å². The molecule has 7 heteroatoms. The van der Waals surface area contributed by atoms with Crippen LogP contribution in [0.3, 0.4) is 0 Å². The van der Waals surface area contributed by atoms with Crippen LogP contribution in [0.1, 0.15) is 0 Å². The standard InChI is InChI=1S/C12H26O3Si4/c1-9-16(5)13-18(7,11-3)15-19(8,12-4)14-17(6)10-2/h9-12,16-17H,1-4H2,5-8H3. The van der Waals surface area contributed by atoms with Crippen molar-refractivity contribution in [3.8, 4) is 0 Å². The fraction of sp³-hybridized carbons (Fsp3) is 0.333. The van der Waals surface area contributed by atoms with E-state index >= 15 is 0 Å². The maximum absolute atomic E-state index is 6.24. The molecule has 4 atom stereocenters. The molecule has 0 spiro atoms. The largest absolute Gasteiger partial charge is 0.433 e. The van der Waals surface area contributed by atoms with E-state index in [1.807, 2.05) is 24.5 Å². The minimum atomic E-state index is -2.44. The van der Waals surface area contributed by atoms with Crippen LogP contribution in [0, 0.1) is 0 Å². The molecule has 4 unspecified atom stereocenters. The summed E-state index contributed by atoms with van der Waals surface area (Å²) in [6.07, 6.45) is 0. The van der Waals surface area contributed by atoms with Crippen molar-refractivity contribution in [3.05, 3.63) is 49.1 Å². The molecular formula is C12H26O3Si4. The van der Waals surface area contributed by atoms with E-state index in [0.29, 0.717) is 0 Å². The van der Waals surface area contributed by atoms with Gasteiger partial charge in [0.1, 0.15) is 0 Å². The number of rotatable bonds is 10. The average Bonchev–Trinajstić information content (AvgIpc) is 2.37. The van der Waals surface area contributed by atoms with Crippen molar-refractivity contribution in [2.75, 3.05) is 0 Å². The lowest BCUT2D eigenvalue weighted by Gasteiger charge is -2.35. The summed E-state index contributed by atoms with van der Waals surface area (Å²) in [7, 11) is -7.70. The zero-order chi connectivity index (χ0) is 15.1. The molecular weight excluding hydrogens is 304 g/mol. The van der Waals surface area contributed by atoms with Crippen LogP contribution in [0.15, 0.2) is 49.1 Å².